The Labute approximate surface area is 128 Å². The number of halogens is 5. The molecule has 0 aliphatic heterocycles. The fraction of sp³-hybridized carbons (Fsp3) is 0.0769. The highest BCUT2D eigenvalue weighted by molar-refractivity contribution is 6.36. The molecule has 2 aromatic rings. The highest BCUT2D eigenvalue weighted by Crippen LogP contribution is 2.28. The number of hydrogen-bond donors (Lipinski definition) is 1. The Balaban J connectivity index is 2.04. The van der Waals surface area contributed by atoms with Crippen molar-refractivity contribution in [1.29, 1.82) is 0 Å². The van der Waals surface area contributed by atoms with E-state index in [2.05, 4.69) is 15.5 Å². The maximum Gasteiger partial charge on any atom is 0.417 e. The van der Waals surface area contributed by atoms with E-state index < -0.39 is 11.7 Å². The summed E-state index contributed by atoms with van der Waals surface area (Å²) in [7, 11) is 0. The molecule has 2 rings (SSSR count). The summed E-state index contributed by atoms with van der Waals surface area (Å²) < 4.78 is 37.1. The molecule has 0 radical (unpaired) electrons. The number of nitrogens with one attached hydrogen (secondary N) is 1. The van der Waals surface area contributed by atoms with Gasteiger partial charge in [0.25, 0.3) is 0 Å². The Morgan fingerprint density at radius 3 is 2.48 bits per heavy atom. The second-order valence-electron chi connectivity index (χ2n) is 3.97. The monoisotopic (exact) mass is 333 g/mol. The number of rotatable bonds is 3. The Morgan fingerprint density at radius 1 is 1.14 bits per heavy atom. The van der Waals surface area contributed by atoms with E-state index in [1.807, 2.05) is 0 Å². The average molecular weight is 334 g/mol. The molecule has 1 aromatic carbocycles. The minimum absolute atomic E-state index is 0.185. The zero-order chi connectivity index (χ0) is 15.5. The van der Waals surface area contributed by atoms with Crippen LogP contribution in [-0.2, 0) is 6.18 Å². The lowest BCUT2D eigenvalue weighted by Crippen LogP contribution is -2.05. The number of anilines is 1. The van der Waals surface area contributed by atoms with E-state index in [-0.39, 0.29) is 5.82 Å². The van der Waals surface area contributed by atoms with E-state index in [1.165, 1.54) is 12.3 Å². The van der Waals surface area contributed by atoms with Crippen molar-refractivity contribution in [2.75, 3.05) is 5.43 Å². The smallest absolute Gasteiger partial charge is 0.261 e. The summed E-state index contributed by atoms with van der Waals surface area (Å²) in [6, 6.07) is 6.96. The molecule has 0 saturated carbocycles. The average Bonchev–Trinajstić information content (AvgIpc) is 2.41. The van der Waals surface area contributed by atoms with Crippen molar-refractivity contribution in [3.05, 3.63) is 57.7 Å². The summed E-state index contributed by atoms with van der Waals surface area (Å²) in [5.41, 5.74) is 2.30. The van der Waals surface area contributed by atoms with Crippen LogP contribution in [0, 0.1) is 0 Å². The molecule has 0 amide bonds. The van der Waals surface area contributed by atoms with Crippen LogP contribution < -0.4 is 5.43 Å². The van der Waals surface area contributed by atoms with Gasteiger partial charge < -0.3 is 0 Å². The fourth-order valence-corrected chi connectivity index (χ4v) is 1.86. The number of alkyl halides is 3. The number of aromatic nitrogens is 1. The molecule has 21 heavy (non-hydrogen) atoms. The van der Waals surface area contributed by atoms with Crippen LogP contribution in [0.3, 0.4) is 0 Å². The fourth-order valence-electron chi connectivity index (χ4n) is 1.40. The van der Waals surface area contributed by atoms with Crippen molar-refractivity contribution in [3.8, 4) is 0 Å². The van der Waals surface area contributed by atoms with Crippen LogP contribution in [0.15, 0.2) is 41.6 Å². The molecule has 0 saturated heterocycles. The quantitative estimate of drug-likeness (QED) is 0.643. The van der Waals surface area contributed by atoms with Crippen LogP contribution in [0.25, 0.3) is 0 Å². The van der Waals surface area contributed by atoms with Gasteiger partial charge in [0.15, 0.2) is 0 Å². The van der Waals surface area contributed by atoms with Crippen LogP contribution in [0.4, 0.5) is 19.0 Å². The van der Waals surface area contributed by atoms with Crippen molar-refractivity contribution >= 4 is 35.2 Å². The molecule has 0 unspecified atom stereocenters. The molecule has 8 heteroatoms. The largest absolute Gasteiger partial charge is 0.417 e. The third-order valence-electron chi connectivity index (χ3n) is 2.44. The van der Waals surface area contributed by atoms with Gasteiger partial charge in [-0.25, -0.2) is 4.98 Å². The zero-order valence-electron chi connectivity index (χ0n) is 10.3. The second-order valence-corrected chi connectivity index (χ2v) is 4.81. The second kappa shape index (κ2) is 6.32. The van der Waals surface area contributed by atoms with Gasteiger partial charge in [-0.2, -0.15) is 18.3 Å². The summed E-state index contributed by atoms with van der Waals surface area (Å²) in [5.74, 6) is 0.185. The maximum atomic E-state index is 12.4. The van der Waals surface area contributed by atoms with E-state index in [4.69, 9.17) is 23.2 Å². The molecule has 0 aliphatic rings. The molecule has 0 bridgehead atoms. The van der Waals surface area contributed by atoms with E-state index in [0.29, 0.717) is 15.6 Å². The van der Waals surface area contributed by atoms with Gasteiger partial charge in [0, 0.05) is 16.8 Å². The summed E-state index contributed by atoms with van der Waals surface area (Å²) in [6.45, 7) is 0. The van der Waals surface area contributed by atoms with Crippen LogP contribution in [0.1, 0.15) is 11.1 Å². The first kappa shape index (κ1) is 15.6. The molecule has 3 nitrogen and oxygen atoms in total. The van der Waals surface area contributed by atoms with Gasteiger partial charge in [-0.3, -0.25) is 5.43 Å². The Bertz CT molecular complexity index is 655. The lowest BCUT2D eigenvalue weighted by molar-refractivity contribution is -0.137. The first-order valence-corrected chi connectivity index (χ1v) is 6.39. The molecule has 110 valence electrons. The minimum atomic E-state index is -4.41. The predicted molar refractivity (Wildman–Crippen MR) is 76.9 cm³/mol. The minimum Gasteiger partial charge on any atom is -0.261 e. The maximum absolute atomic E-state index is 12.4. The summed E-state index contributed by atoms with van der Waals surface area (Å²) in [5, 5.41) is 4.75. The summed E-state index contributed by atoms with van der Waals surface area (Å²) in [4.78, 5) is 3.61. The molecule has 0 spiro atoms. The Hall–Kier alpha value is -1.79. The Kier molecular flexibility index (Phi) is 4.69. The topological polar surface area (TPSA) is 37.3 Å². The standard InChI is InChI=1S/C13H8Cl2F3N3/c14-10-3-1-8(11(15)5-10)6-20-21-12-4-2-9(7-19-12)13(16,17)18/h1-7H,(H,19,21)/b20-6+. The van der Waals surface area contributed by atoms with Crippen LogP contribution in [0.2, 0.25) is 10.0 Å². The highest BCUT2D eigenvalue weighted by Gasteiger charge is 2.30. The van der Waals surface area contributed by atoms with Gasteiger partial charge in [0.2, 0.25) is 0 Å². The van der Waals surface area contributed by atoms with Gasteiger partial charge in [0.1, 0.15) is 5.82 Å². The first-order chi connectivity index (χ1) is 9.86. The van der Waals surface area contributed by atoms with Gasteiger partial charge in [-0.1, -0.05) is 29.3 Å². The van der Waals surface area contributed by atoms with E-state index in [1.54, 1.807) is 18.2 Å². The third-order valence-corrected chi connectivity index (χ3v) is 3.00. The van der Waals surface area contributed by atoms with E-state index >= 15 is 0 Å². The number of hydrazone groups is 1. The van der Waals surface area contributed by atoms with Crippen molar-refractivity contribution < 1.29 is 13.2 Å². The summed E-state index contributed by atoms with van der Waals surface area (Å²) >= 11 is 11.7. The number of pyridine rings is 1. The molecule has 1 N–H and O–H groups in total. The van der Waals surface area contributed by atoms with Crippen molar-refractivity contribution in [2.45, 2.75) is 6.18 Å². The van der Waals surface area contributed by atoms with Gasteiger partial charge in [-0.15, -0.1) is 0 Å². The first-order valence-electron chi connectivity index (χ1n) is 5.63. The SMILES string of the molecule is FC(F)(F)c1ccc(N/N=C/c2ccc(Cl)cc2Cl)nc1. The van der Waals surface area contributed by atoms with Gasteiger partial charge in [0.05, 0.1) is 16.8 Å². The lowest BCUT2D eigenvalue weighted by atomic mass is 10.2. The van der Waals surface area contributed by atoms with Crippen molar-refractivity contribution in [2.24, 2.45) is 5.10 Å². The molecular formula is C13H8Cl2F3N3. The molecule has 0 aliphatic carbocycles. The molecule has 1 heterocycles. The van der Waals surface area contributed by atoms with Crippen molar-refractivity contribution in [1.82, 2.24) is 4.98 Å². The van der Waals surface area contributed by atoms with Crippen molar-refractivity contribution in [3.63, 3.8) is 0 Å². The molecule has 0 fully saturated rings. The van der Waals surface area contributed by atoms with E-state index in [9.17, 15) is 13.2 Å². The van der Waals surface area contributed by atoms with Gasteiger partial charge in [-0.05, 0) is 24.3 Å². The van der Waals surface area contributed by atoms with Gasteiger partial charge >= 0.3 is 6.18 Å². The number of nitrogens with zero attached hydrogens (tertiary/aromatic N) is 2. The Morgan fingerprint density at radius 2 is 1.90 bits per heavy atom. The van der Waals surface area contributed by atoms with E-state index in [0.717, 1.165) is 12.3 Å². The molecule has 0 atom stereocenters. The lowest BCUT2D eigenvalue weighted by Gasteiger charge is -2.06. The highest BCUT2D eigenvalue weighted by atomic mass is 35.5. The van der Waals surface area contributed by atoms with Crippen LogP contribution in [-0.4, -0.2) is 11.2 Å². The number of hydrogen-bond acceptors (Lipinski definition) is 3. The predicted octanol–water partition coefficient (Wildman–Crippen LogP) is 4.85. The number of benzene rings is 1. The zero-order valence-corrected chi connectivity index (χ0v) is 11.8. The summed E-state index contributed by atoms with van der Waals surface area (Å²) in [6.07, 6.45) is -2.27. The third kappa shape index (κ3) is 4.34. The normalized spacial score (nSPS) is 11.9. The molecule has 1 aromatic heterocycles. The molecular weight excluding hydrogens is 326 g/mol. The van der Waals surface area contributed by atoms with Crippen LogP contribution >= 0.6 is 23.2 Å². The van der Waals surface area contributed by atoms with Crippen LogP contribution in [0.5, 0.6) is 0 Å².